The van der Waals surface area contributed by atoms with Crippen LogP contribution in [-0.2, 0) is 0 Å². The lowest BCUT2D eigenvalue weighted by molar-refractivity contribution is -0.386. The molecule has 0 atom stereocenters. The van der Waals surface area contributed by atoms with E-state index in [1.54, 1.807) is 6.07 Å². The van der Waals surface area contributed by atoms with Gasteiger partial charge in [-0.25, -0.2) is 0 Å². The smallest absolute Gasteiger partial charge is 0.336 e. The third-order valence-corrected chi connectivity index (χ3v) is 2.41. The van der Waals surface area contributed by atoms with Gasteiger partial charge in [0.1, 0.15) is 6.07 Å². The van der Waals surface area contributed by atoms with Crippen molar-refractivity contribution >= 4 is 5.69 Å². The van der Waals surface area contributed by atoms with E-state index in [1.807, 2.05) is 0 Å². The first-order valence-electron chi connectivity index (χ1n) is 4.77. The quantitative estimate of drug-likeness (QED) is 0.588. The maximum Gasteiger partial charge on any atom is 0.336 e. The summed E-state index contributed by atoms with van der Waals surface area (Å²) in [5.74, 6) is 0.0268. The first kappa shape index (κ1) is 11.8. The van der Waals surface area contributed by atoms with E-state index in [-0.39, 0.29) is 35.4 Å². The van der Waals surface area contributed by atoms with Gasteiger partial charge in [0.15, 0.2) is 11.3 Å². The van der Waals surface area contributed by atoms with Gasteiger partial charge >= 0.3 is 5.69 Å². The van der Waals surface area contributed by atoms with Gasteiger partial charge in [0, 0.05) is 0 Å². The first-order chi connectivity index (χ1) is 8.65. The van der Waals surface area contributed by atoms with Crippen molar-refractivity contribution in [3.8, 4) is 29.1 Å². The average Bonchev–Trinajstić information content (AvgIpc) is 2.83. The lowest BCUT2D eigenvalue weighted by atomic mass is 10.1. The molecule has 18 heavy (non-hydrogen) atoms. The van der Waals surface area contributed by atoms with Crippen molar-refractivity contribution in [1.29, 1.82) is 5.26 Å². The van der Waals surface area contributed by atoms with E-state index in [1.165, 1.54) is 14.2 Å². The van der Waals surface area contributed by atoms with E-state index in [0.29, 0.717) is 0 Å². The molecule has 1 aromatic carbocycles. The van der Waals surface area contributed by atoms with E-state index in [0.717, 1.165) is 0 Å². The molecule has 0 saturated heterocycles. The fourth-order valence-corrected chi connectivity index (χ4v) is 1.72. The first-order valence-corrected chi connectivity index (χ1v) is 4.77. The number of fused-ring (bicyclic) bond motifs is 1. The van der Waals surface area contributed by atoms with Crippen molar-refractivity contribution < 1.29 is 23.9 Å². The molecule has 0 fully saturated rings. The Labute approximate surface area is 101 Å². The summed E-state index contributed by atoms with van der Waals surface area (Å²) in [5.41, 5.74) is -0.760. The number of hydrogen-bond donors (Lipinski definition) is 0. The zero-order chi connectivity index (χ0) is 13.3. The van der Waals surface area contributed by atoms with Crippen LogP contribution in [0.3, 0.4) is 0 Å². The van der Waals surface area contributed by atoms with Gasteiger partial charge in [-0.15, -0.1) is 0 Å². The molecule has 94 valence electrons. The van der Waals surface area contributed by atoms with E-state index >= 15 is 0 Å². The molecule has 0 radical (unpaired) electrons. The minimum atomic E-state index is -0.720. The van der Waals surface area contributed by atoms with Crippen LogP contribution in [0.15, 0.2) is 0 Å². The van der Waals surface area contributed by atoms with Crippen LogP contribution < -0.4 is 18.9 Å². The second-order valence-corrected chi connectivity index (χ2v) is 3.22. The molecule has 0 bridgehead atoms. The second-order valence-electron chi connectivity index (χ2n) is 3.22. The van der Waals surface area contributed by atoms with E-state index in [9.17, 15) is 10.1 Å². The molecule has 1 aliphatic rings. The van der Waals surface area contributed by atoms with Crippen LogP contribution in [0.4, 0.5) is 5.69 Å². The van der Waals surface area contributed by atoms with E-state index in [2.05, 4.69) is 0 Å². The number of nitro groups is 1. The van der Waals surface area contributed by atoms with Gasteiger partial charge in [0.25, 0.3) is 0 Å². The molecular weight excluding hydrogens is 244 g/mol. The SMILES string of the molecule is COc1c(C#N)c([N+](=O)[O-])c(OC)c2c1OCO2. The summed E-state index contributed by atoms with van der Waals surface area (Å²) in [4.78, 5) is 10.3. The van der Waals surface area contributed by atoms with Crippen molar-refractivity contribution in [3.63, 3.8) is 0 Å². The average molecular weight is 252 g/mol. The van der Waals surface area contributed by atoms with Crippen molar-refractivity contribution in [2.75, 3.05) is 21.0 Å². The Hall–Kier alpha value is -2.69. The predicted molar refractivity (Wildman–Crippen MR) is 57.0 cm³/mol. The molecule has 2 rings (SSSR count). The molecule has 1 aliphatic heterocycles. The third kappa shape index (κ3) is 1.45. The Kier molecular flexibility index (Phi) is 2.81. The molecule has 0 saturated carbocycles. The summed E-state index contributed by atoms with van der Waals surface area (Å²) in [7, 11) is 2.53. The van der Waals surface area contributed by atoms with Crippen molar-refractivity contribution in [2.24, 2.45) is 0 Å². The molecule has 0 aliphatic carbocycles. The normalized spacial score (nSPS) is 11.8. The number of nitrogens with zero attached hydrogens (tertiary/aromatic N) is 2. The summed E-state index contributed by atoms with van der Waals surface area (Å²) < 4.78 is 20.2. The highest BCUT2D eigenvalue weighted by molar-refractivity contribution is 5.77. The van der Waals surface area contributed by atoms with Gasteiger partial charge in [-0.2, -0.15) is 5.26 Å². The van der Waals surface area contributed by atoms with E-state index < -0.39 is 10.6 Å². The van der Waals surface area contributed by atoms with Gasteiger partial charge < -0.3 is 18.9 Å². The number of methoxy groups -OCH3 is 2. The summed E-state index contributed by atoms with van der Waals surface area (Å²) in [6, 6.07) is 1.72. The summed E-state index contributed by atoms with van der Waals surface area (Å²) >= 11 is 0. The molecule has 0 N–H and O–H groups in total. The van der Waals surface area contributed by atoms with Gasteiger partial charge in [0.05, 0.1) is 19.1 Å². The lowest BCUT2D eigenvalue weighted by Gasteiger charge is -2.10. The number of benzene rings is 1. The molecular formula is C10H8N2O6. The topological polar surface area (TPSA) is 104 Å². The number of nitriles is 1. The van der Waals surface area contributed by atoms with Crippen molar-refractivity contribution in [1.82, 2.24) is 0 Å². The Morgan fingerprint density at radius 3 is 2.28 bits per heavy atom. The summed E-state index contributed by atoms with van der Waals surface area (Å²) in [6.45, 7) is -0.117. The van der Waals surface area contributed by atoms with Crippen LogP contribution in [0.2, 0.25) is 0 Å². The number of hydrogen-bond acceptors (Lipinski definition) is 7. The standard InChI is InChI=1S/C10H8N2O6/c1-15-7-5(3-11)6(12(13)14)8(16-2)10-9(7)17-4-18-10/h4H2,1-2H3. The molecule has 8 nitrogen and oxygen atoms in total. The number of nitro benzene ring substituents is 1. The highest BCUT2D eigenvalue weighted by Crippen LogP contribution is 2.54. The van der Waals surface area contributed by atoms with Crippen LogP contribution in [0.1, 0.15) is 5.56 Å². The zero-order valence-electron chi connectivity index (χ0n) is 9.55. The van der Waals surface area contributed by atoms with Gasteiger partial charge in [0.2, 0.25) is 24.0 Å². The Morgan fingerprint density at radius 2 is 1.83 bits per heavy atom. The molecule has 0 amide bonds. The Morgan fingerprint density at radius 1 is 1.28 bits per heavy atom. The predicted octanol–water partition coefficient (Wildman–Crippen LogP) is 1.21. The summed E-state index contributed by atoms with van der Waals surface area (Å²) in [6.07, 6.45) is 0. The molecule has 0 aromatic heterocycles. The number of rotatable bonds is 3. The van der Waals surface area contributed by atoms with Crippen molar-refractivity contribution in [3.05, 3.63) is 15.7 Å². The minimum absolute atomic E-state index is 0.0301. The van der Waals surface area contributed by atoms with E-state index in [4.69, 9.17) is 24.2 Å². The minimum Gasteiger partial charge on any atom is -0.491 e. The van der Waals surface area contributed by atoms with Crippen LogP contribution in [0, 0.1) is 21.4 Å². The van der Waals surface area contributed by atoms with Crippen LogP contribution in [0.5, 0.6) is 23.0 Å². The van der Waals surface area contributed by atoms with Crippen molar-refractivity contribution in [2.45, 2.75) is 0 Å². The molecule has 8 heteroatoms. The molecule has 1 heterocycles. The highest BCUT2D eigenvalue weighted by Gasteiger charge is 2.37. The van der Waals surface area contributed by atoms with Crippen LogP contribution in [0.25, 0.3) is 0 Å². The summed E-state index contributed by atoms with van der Waals surface area (Å²) in [5, 5.41) is 20.1. The van der Waals surface area contributed by atoms with Gasteiger partial charge in [-0.3, -0.25) is 10.1 Å². The Balaban J connectivity index is 2.88. The maximum atomic E-state index is 11.1. The second kappa shape index (κ2) is 4.29. The zero-order valence-corrected chi connectivity index (χ0v) is 9.55. The fraction of sp³-hybridized carbons (Fsp3) is 0.300. The van der Waals surface area contributed by atoms with Gasteiger partial charge in [-0.1, -0.05) is 0 Å². The van der Waals surface area contributed by atoms with Gasteiger partial charge in [-0.05, 0) is 0 Å². The van der Waals surface area contributed by atoms with Crippen LogP contribution in [-0.4, -0.2) is 25.9 Å². The fourth-order valence-electron chi connectivity index (χ4n) is 1.72. The third-order valence-electron chi connectivity index (χ3n) is 2.41. The maximum absolute atomic E-state index is 11.1. The lowest BCUT2D eigenvalue weighted by Crippen LogP contribution is -2.01. The highest BCUT2D eigenvalue weighted by atomic mass is 16.7. The van der Waals surface area contributed by atoms with Crippen LogP contribution >= 0.6 is 0 Å². The largest absolute Gasteiger partial charge is 0.491 e. The molecule has 0 unspecified atom stereocenters. The molecule has 0 spiro atoms. The Bertz CT molecular complexity index is 563. The monoisotopic (exact) mass is 252 g/mol. The number of ether oxygens (including phenoxy) is 4. The molecule has 1 aromatic rings.